The first-order chi connectivity index (χ1) is 28.4. The predicted molar refractivity (Wildman–Crippen MR) is 249 cm³/mol. The molecule has 58 heavy (non-hydrogen) atoms. The van der Waals surface area contributed by atoms with Crippen molar-refractivity contribution in [3.8, 4) is 0 Å². The highest BCUT2D eigenvalue weighted by Gasteiger charge is 2.21. The average molecular weight is 845 g/mol. The van der Waals surface area contributed by atoms with Crippen molar-refractivity contribution in [1.29, 1.82) is 0 Å². The van der Waals surface area contributed by atoms with Gasteiger partial charge in [0.2, 0.25) is 0 Å². The van der Waals surface area contributed by atoms with E-state index in [1.54, 1.807) is 0 Å². The van der Waals surface area contributed by atoms with E-state index in [0.29, 0.717) is 13.0 Å². The van der Waals surface area contributed by atoms with E-state index >= 15 is 0 Å². The van der Waals surface area contributed by atoms with Gasteiger partial charge in [-0.15, -0.1) is 0 Å². The molecular weight excluding hydrogens is 744 g/mol. The van der Waals surface area contributed by atoms with Gasteiger partial charge in [0.25, 0.3) is 0 Å². The second kappa shape index (κ2) is 47.6. The molecular formula is C50H101O7P. The molecule has 0 aliphatic rings. The fourth-order valence-corrected chi connectivity index (χ4v) is 8.45. The van der Waals surface area contributed by atoms with Gasteiger partial charge in [-0.2, -0.15) is 0 Å². The SMILES string of the molecule is CCCCCCCCCCCCCCCCCCCCCCCCCCCCCCC(=O)O[C@H](COCCCCCCCCCCCCCCCC)COP(=O)(O)O. The Morgan fingerprint density at radius 3 is 0.931 bits per heavy atom. The van der Waals surface area contributed by atoms with Crippen LogP contribution >= 0.6 is 7.82 Å². The molecule has 0 bridgehead atoms. The van der Waals surface area contributed by atoms with Crippen molar-refractivity contribution in [1.82, 2.24) is 0 Å². The second-order valence-corrected chi connectivity index (χ2v) is 19.1. The molecule has 0 aromatic rings. The van der Waals surface area contributed by atoms with Gasteiger partial charge in [0.1, 0.15) is 6.10 Å². The predicted octanol–water partition coefficient (Wildman–Crippen LogP) is 16.8. The fourth-order valence-electron chi connectivity index (χ4n) is 8.09. The Bertz CT molecular complexity index is 850. The molecule has 0 aliphatic carbocycles. The number of hydrogen-bond acceptors (Lipinski definition) is 5. The first-order valence-corrected chi connectivity index (χ1v) is 27.4. The van der Waals surface area contributed by atoms with Gasteiger partial charge < -0.3 is 19.3 Å². The van der Waals surface area contributed by atoms with E-state index in [1.807, 2.05) is 0 Å². The number of unbranched alkanes of at least 4 members (excludes halogenated alkanes) is 40. The first-order valence-electron chi connectivity index (χ1n) is 25.9. The number of carbonyl (C=O) groups excluding carboxylic acids is 1. The summed E-state index contributed by atoms with van der Waals surface area (Å²) in [7, 11) is -4.65. The Morgan fingerprint density at radius 2 is 0.655 bits per heavy atom. The van der Waals surface area contributed by atoms with E-state index in [0.717, 1.165) is 32.1 Å². The lowest BCUT2D eigenvalue weighted by Crippen LogP contribution is -2.28. The quantitative estimate of drug-likeness (QED) is 0.0357. The van der Waals surface area contributed by atoms with Gasteiger partial charge >= 0.3 is 13.8 Å². The zero-order valence-corrected chi connectivity index (χ0v) is 39.9. The lowest BCUT2D eigenvalue weighted by molar-refractivity contribution is -0.154. The fraction of sp³-hybridized carbons (Fsp3) is 0.980. The highest BCUT2D eigenvalue weighted by Crippen LogP contribution is 2.36. The molecule has 0 aromatic carbocycles. The first kappa shape index (κ1) is 57.5. The molecule has 0 unspecified atom stereocenters. The van der Waals surface area contributed by atoms with Crippen LogP contribution in [0.25, 0.3) is 0 Å². The number of esters is 1. The molecule has 0 aliphatic heterocycles. The number of hydrogen-bond donors (Lipinski definition) is 2. The molecule has 0 saturated heterocycles. The van der Waals surface area contributed by atoms with Crippen molar-refractivity contribution in [3.63, 3.8) is 0 Å². The van der Waals surface area contributed by atoms with Crippen LogP contribution in [0.4, 0.5) is 0 Å². The van der Waals surface area contributed by atoms with Crippen LogP contribution in [-0.2, 0) is 23.4 Å². The number of rotatable bonds is 50. The summed E-state index contributed by atoms with van der Waals surface area (Å²) in [6.07, 6.45) is 55.6. The summed E-state index contributed by atoms with van der Waals surface area (Å²) >= 11 is 0. The molecule has 348 valence electrons. The van der Waals surface area contributed by atoms with E-state index in [-0.39, 0.29) is 19.2 Å². The summed E-state index contributed by atoms with van der Waals surface area (Å²) in [6, 6.07) is 0. The molecule has 0 rings (SSSR count). The molecule has 2 N–H and O–H groups in total. The minimum Gasteiger partial charge on any atom is -0.457 e. The number of phosphoric acid groups is 1. The van der Waals surface area contributed by atoms with Crippen molar-refractivity contribution in [2.75, 3.05) is 19.8 Å². The minimum atomic E-state index is -4.65. The number of ether oxygens (including phenoxy) is 2. The zero-order valence-electron chi connectivity index (χ0n) is 39.0. The van der Waals surface area contributed by atoms with Gasteiger partial charge in [-0.25, -0.2) is 4.57 Å². The van der Waals surface area contributed by atoms with Crippen LogP contribution in [0.3, 0.4) is 0 Å². The number of phosphoric ester groups is 1. The van der Waals surface area contributed by atoms with Crippen LogP contribution in [0, 0.1) is 0 Å². The van der Waals surface area contributed by atoms with E-state index in [2.05, 4.69) is 18.4 Å². The molecule has 1 atom stereocenters. The van der Waals surface area contributed by atoms with Crippen LogP contribution in [-0.4, -0.2) is 41.7 Å². The van der Waals surface area contributed by atoms with E-state index in [1.165, 1.54) is 238 Å². The molecule has 0 radical (unpaired) electrons. The third-order valence-electron chi connectivity index (χ3n) is 11.9. The third kappa shape index (κ3) is 49.9. The van der Waals surface area contributed by atoms with Gasteiger partial charge in [0, 0.05) is 13.0 Å². The van der Waals surface area contributed by atoms with Crippen LogP contribution in [0.15, 0.2) is 0 Å². The minimum absolute atomic E-state index is 0.0871. The van der Waals surface area contributed by atoms with E-state index < -0.39 is 13.9 Å². The maximum Gasteiger partial charge on any atom is 0.469 e. The summed E-state index contributed by atoms with van der Waals surface area (Å²) in [5.74, 6) is -0.353. The van der Waals surface area contributed by atoms with Crippen LogP contribution in [0.5, 0.6) is 0 Å². The molecule has 0 aromatic heterocycles. The van der Waals surface area contributed by atoms with Crippen LogP contribution < -0.4 is 0 Å². The normalized spacial score (nSPS) is 12.4. The molecule has 8 heteroatoms. The monoisotopic (exact) mass is 845 g/mol. The topological polar surface area (TPSA) is 102 Å². The van der Waals surface area contributed by atoms with Crippen molar-refractivity contribution >= 4 is 13.8 Å². The Hall–Kier alpha value is -0.460. The summed E-state index contributed by atoms with van der Waals surface area (Å²) in [5, 5.41) is 0. The molecule has 0 saturated carbocycles. The molecule has 0 spiro atoms. The van der Waals surface area contributed by atoms with Gasteiger partial charge in [-0.05, 0) is 12.8 Å². The molecule has 0 fully saturated rings. The third-order valence-corrected chi connectivity index (χ3v) is 12.4. The highest BCUT2D eigenvalue weighted by molar-refractivity contribution is 7.46. The number of carbonyl (C=O) groups is 1. The Morgan fingerprint density at radius 1 is 0.397 bits per heavy atom. The Labute approximate surface area is 361 Å². The highest BCUT2D eigenvalue weighted by atomic mass is 31.2. The van der Waals surface area contributed by atoms with Gasteiger partial charge in [-0.3, -0.25) is 9.32 Å². The average Bonchev–Trinajstić information content (AvgIpc) is 3.20. The van der Waals surface area contributed by atoms with Crippen LogP contribution in [0.2, 0.25) is 0 Å². The van der Waals surface area contributed by atoms with E-state index in [4.69, 9.17) is 19.3 Å². The van der Waals surface area contributed by atoms with Crippen molar-refractivity contribution in [2.45, 2.75) is 296 Å². The smallest absolute Gasteiger partial charge is 0.457 e. The van der Waals surface area contributed by atoms with Crippen molar-refractivity contribution < 1.29 is 33.1 Å². The summed E-state index contributed by atoms with van der Waals surface area (Å²) in [4.78, 5) is 30.7. The summed E-state index contributed by atoms with van der Waals surface area (Å²) in [6.45, 7) is 4.82. The largest absolute Gasteiger partial charge is 0.469 e. The van der Waals surface area contributed by atoms with Crippen molar-refractivity contribution in [2.24, 2.45) is 0 Å². The molecule has 0 heterocycles. The van der Waals surface area contributed by atoms with Gasteiger partial charge in [0.05, 0.1) is 13.2 Å². The Kier molecular flexibility index (Phi) is 47.2. The van der Waals surface area contributed by atoms with Gasteiger partial charge in [-0.1, -0.05) is 271 Å². The maximum atomic E-state index is 12.5. The second-order valence-electron chi connectivity index (χ2n) is 17.9. The van der Waals surface area contributed by atoms with Crippen molar-refractivity contribution in [3.05, 3.63) is 0 Å². The zero-order chi connectivity index (χ0) is 42.3. The molecule has 7 nitrogen and oxygen atoms in total. The Balaban J connectivity index is 3.59. The lowest BCUT2D eigenvalue weighted by Gasteiger charge is -2.18. The summed E-state index contributed by atoms with van der Waals surface area (Å²) in [5.41, 5.74) is 0. The summed E-state index contributed by atoms with van der Waals surface area (Å²) < 4.78 is 27.1. The standard InChI is InChI=1S/C50H101O7P/c1-3-5-7-9-11-13-15-17-19-20-21-22-23-24-25-26-27-28-29-30-31-32-33-35-37-39-41-43-45-50(51)57-49(48-56-58(52,53)54)47-55-46-44-42-40-38-36-34-18-16-14-12-10-8-6-4-2/h49H,3-48H2,1-2H3,(H2,52,53,54)/t49-/m1/s1. The van der Waals surface area contributed by atoms with E-state index in [9.17, 15) is 9.36 Å². The lowest BCUT2D eigenvalue weighted by atomic mass is 10.0. The molecule has 0 amide bonds. The van der Waals surface area contributed by atoms with Crippen LogP contribution in [0.1, 0.15) is 290 Å². The maximum absolute atomic E-state index is 12.5. The van der Waals surface area contributed by atoms with Gasteiger partial charge in [0.15, 0.2) is 0 Å².